The number of para-hydroxylation sites is 1. The predicted octanol–water partition coefficient (Wildman–Crippen LogP) is 1.34. The number of amides is 1. The van der Waals surface area contributed by atoms with Crippen LogP contribution >= 0.6 is 0 Å². The summed E-state index contributed by atoms with van der Waals surface area (Å²) in [6.07, 6.45) is 3.25. The highest BCUT2D eigenvalue weighted by Crippen LogP contribution is 2.54. The van der Waals surface area contributed by atoms with Gasteiger partial charge >= 0.3 is 0 Å². The Morgan fingerprint density at radius 1 is 1.41 bits per heavy atom. The number of hydrogen-bond donors (Lipinski definition) is 1. The zero-order valence-electron chi connectivity index (χ0n) is 9.03. The minimum Gasteiger partial charge on any atom is -0.481 e. The van der Waals surface area contributed by atoms with E-state index in [0.29, 0.717) is 11.4 Å². The quantitative estimate of drug-likeness (QED) is 0.615. The van der Waals surface area contributed by atoms with Gasteiger partial charge in [-0.25, -0.2) is 4.79 Å². The van der Waals surface area contributed by atoms with Crippen molar-refractivity contribution in [2.24, 2.45) is 4.99 Å². The van der Waals surface area contributed by atoms with Crippen molar-refractivity contribution in [3.05, 3.63) is 23.8 Å². The highest BCUT2D eigenvalue weighted by Gasteiger charge is 2.47. The third kappa shape index (κ3) is 1.52. The van der Waals surface area contributed by atoms with Crippen molar-refractivity contribution < 1.29 is 14.3 Å². The molecule has 5 nitrogen and oxygen atoms in total. The standard InChI is InChI=1S/C12H10N2O3/c15-7-13-12(4-5-12)8-2-1-3-9-11(8)17-6-10(16)14-9/h1-3H,4-6H2,(H,14,16). The van der Waals surface area contributed by atoms with Crippen LogP contribution in [0.1, 0.15) is 18.4 Å². The van der Waals surface area contributed by atoms with Crippen LogP contribution in [0.2, 0.25) is 0 Å². The first-order chi connectivity index (χ1) is 8.25. The predicted molar refractivity (Wildman–Crippen MR) is 59.6 cm³/mol. The lowest BCUT2D eigenvalue weighted by Gasteiger charge is -2.22. The molecule has 0 unspecified atom stereocenters. The molecule has 1 N–H and O–H groups in total. The molecule has 17 heavy (non-hydrogen) atoms. The van der Waals surface area contributed by atoms with Gasteiger partial charge in [-0.15, -0.1) is 0 Å². The normalized spacial score (nSPS) is 19.4. The van der Waals surface area contributed by atoms with E-state index >= 15 is 0 Å². The van der Waals surface area contributed by atoms with Crippen molar-refractivity contribution in [2.75, 3.05) is 11.9 Å². The topological polar surface area (TPSA) is 67.8 Å². The van der Waals surface area contributed by atoms with E-state index in [1.54, 1.807) is 12.1 Å². The van der Waals surface area contributed by atoms with Crippen molar-refractivity contribution in [3.63, 3.8) is 0 Å². The Hall–Kier alpha value is -2.13. The first-order valence-corrected chi connectivity index (χ1v) is 5.40. The second-order valence-electron chi connectivity index (χ2n) is 4.25. The third-order valence-electron chi connectivity index (χ3n) is 3.12. The second kappa shape index (κ2) is 3.43. The SMILES string of the molecule is O=C=NC1(c2cccc3c2OCC(=O)N3)CC1. The Labute approximate surface area is 97.5 Å². The molecule has 0 spiro atoms. The second-order valence-corrected chi connectivity index (χ2v) is 4.25. The number of benzene rings is 1. The molecule has 86 valence electrons. The van der Waals surface area contributed by atoms with E-state index in [1.165, 1.54) is 0 Å². The van der Waals surface area contributed by atoms with Crippen LogP contribution in [0, 0.1) is 0 Å². The fourth-order valence-corrected chi connectivity index (χ4v) is 2.13. The molecule has 1 fully saturated rings. The first-order valence-electron chi connectivity index (χ1n) is 5.40. The van der Waals surface area contributed by atoms with Gasteiger partial charge in [-0.3, -0.25) is 4.79 Å². The molecular formula is C12H10N2O3. The van der Waals surface area contributed by atoms with Gasteiger partial charge < -0.3 is 10.1 Å². The number of fused-ring (bicyclic) bond motifs is 1. The molecule has 1 heterocycles. The summed E-state index contributed by atoms with van der Waals surface area (Å²) in [5, 5.41) is 2.74. The molecule has 0 radical (unpaired) electrons. The number of carbonyl (C=O) groups is 1. The van der Waals surface area contributed by atoms with Gasteiger partial charge in [-0.05, 0) is 18.9 Å². The van der Waals surface area contributed by atoms with Crippen molar-refractivity contribution in [1.82, 2.24) is 0 Å². The number of carbonyl (C=O) groups excluding carboxylic acids is 2. The average molecular weight is 230 g/mol. The maximum atomic E-state index is 11.2. The Morgan fingerprint density at radius 3 is 2.94 bits per heavy atom. The molecule has 1 aromatic carbocycles. The average Bonchev–Trinajstić information content (AvgIpc) is 3.09. The summed E-state index contributed by atoms with van der Waals surface area (Å²) < 4.78 is 5.44. The molecule has 2 aliphatic rings. The zero-order chi connectivity index (χ0) is 11.9. The monoisotopic (exact) mass is 230 g/mol. The summed E-state index contributed by atoms with van der Waals surface area (Å²) in [7, 11) is 0. The molecular weight excluding hydrogens is 220 g/mol. The number of hydrogen-bond acceptors (Lipinski definition) is 4. The van der Waals surface area contributed by atoms with Gasteiger partial charge in [0.15, 0.2) is 6.61 Å². The number of isocyanates is 1. The largest absolute Gasteiger partial charge is 0.481 e. The molecule has 0 bridgehead atoms. The summed E-state index contributed by atoms with van der Waals surface area (Å²) in [5.41, 5.74) is 1.03. The molecule has 1 aliphatic heterocycles. The van der Waals surface area contributed by atoms with Gasteiger partial charge in [0.25, 0.3) is 5.91 Å². The first kappa shape index (κ1) is 10.1. The van der Waals surface area contributed by atoms with E-state index in [9.17, 15) is 9.59 Å². The number of nitrogens with one attached hydrogen (secondary N) is 1. The molecule has 1 aromatic rings. The van der Waals surface area contributed by atoms with Crippen molar-refractivity contribution in [1.29, 1.82) is 0 Å². The number of rotatable bonds is 2. The van der Waals surface area contributed by atoms with E-state index < -0.39 is 5.54 Å². The highest BCUT2D eigenvalue weighted by atomic mass is 16.5. The van der Waals surface area contributed by atoms with Crippen LogP contribution < -0.4 is 10.1 Å². The maximum Gasteiger partial charge on any atom is 0.262 e. The molecule has 1 aliphatic carbocycles. The molecule has 0 aromatic heterocycles. The lowest BCUT2D eigenvalue weighted by Crippen LogP contribution is -2.26. The molecule has 1 amide bonds. The molecule has 0 saturated heterocycles. The lowest BCUT2D eigenvalue weighted by molar-refractivity contribution is -0.118. The summed E-state index contributed by atoms with van der Waals surface area (Å²) in [6.45, 7) is 0.00486. The van der Waals surface area contributed by atoms with E-state index in [1.807, 2.05) is 12.1 Å². The number of anilines is 1. The summed E-state index contributed by atoms with van der Waals surface area (Å²) in [5.74, 6) is 0.460. The molecule has 0 atom stereocenters. The van der Waals surface area contributed by atoms with Crippen LogP contribution in [0.4, 0.5) is 5.69 Å². The van der Waals surface area contributed by atoms with Crippen molar-refractivity contribution in [2.45, 2.75) is 18.4 Å². The highest BCUT2D eigenvalue weighted by molar-refractivity contribution is 5.95. The Bertz CT molecular complexity index is 543. The number of aliphatic imine (C=N–C) groups is 1. The molecule has 1 saturated carbocycles. The van der Waals surface area contributed by atoms with Gasteiger partial charge in [-0.2, -0.15) is 4.99 Å². The van der Waals surface area contributed by atoms with Crippen LogP contribution in [-0.4, -0.2) is 18.6 Å². The Morgan fingerprint density at radius 2 is 2.24 bits per heavy atom. The van der Waals surface area contributed by atoms with E-state index in [-0.39, 0.29) is 12.5 Å². The van der Waals surface area contributed by atoms with Crippen LogP contribution in [0.15, 0.2) is 23.2 Å². The van der Waals surface area contributed by atoms with Gasteiger partial charge in [-0.1, -0.05) is 12.1 Å². The van der Waals surface area contributed by atoms with Crippen molar-refractivity contribution >= 4 is 17.7 Å². The maximum absolute atomic E-state index is 11.2. The summed E-state index contributed by atoms with van der Waals surface area (Å²) in [4.78, 5) is 25.5. The van der Waals surface area contributed by atoms with Gasteiger partial charge in [0.2, 0.25) is 6.08 Å². The van der Waals surface area contributed by atoms with Gasteiger partial charge in [0.05, 0.1) is 5.69 Å². The minimum absolute atomic E-state index is 0.00486. The number of nitrogens with zero attached hydrogens (tertiary/aromatic N) is 1. The Kier molecular flexibility index (Phi) is 2.03. The summed E-state index contributed by atoms with van der Waals surface area (Å²) >= 11 is 0. The van der Waals surface area contributed by atoms with Gasteiger partial charge in [0, 0.05) is 5.56 Å². The van der Waals surface area contributed by atoms with Crippen LogP contribution in [0.3, 0.4) is 0 Å². The van der Waals surface area contributed by atoms with E-state index in [0.717, 1.165) is 18.4 Å². The molecule has 3 rings (SSSR count). The molecule has 5 heteroatoms. The van der Waals surface area contributed by atoms with E-state index in [4.69, 9.17) is 4.74 Å². The smallest absolute Gasteiger partial charge is 0.262 e. The third-order valence-corrected chi connectivity index (χ3v) is 3.12. The zero-order valence-corrected chi connectivity index (χ0v) is 9.03. The number of ether oxygens (including phenoxy) is 1. The van der Waals surface area contributed by atoms with E-state index in [2.05, 4.69) is 10.3 Å². The van der Waals surface area contributed by atoms with Crippen LogP contribution in [0.5, 0.6) is 5.75 Å². The van der Waals surface area contributed by atoms with Crippen LogP contribution in [-0.2, 0) is 15.1 Å². The fourth-order valence-electron chi connectivity index (χ4n) is 2.13. The van der Waals surface area contributed by atoms with Crippen molar-refractivity contribution in [3.8, 4) is 5.75 Å². The Balaban J connectivity index is 2.10. The fraction of sp³-hybridized carbons (Fsp3) is 0.333. The van der Waals surface area contributed by atoms with Crippen LogP contribution in [0.25, 0.3) is 0 Å². The lowest BCUT2D eigenvalue weighted by atomic mass is 10.0. The minimum atomic E-state index is -0.477. The van der Waals surface area contributed by atoms with Gasteiger partial charge in [0.1, 0.15) is 11.3 Å². The summed E-state index contributed by atoms with van der Waals surface area (Å²) in [6, 6.07) is 5.48.